The van der Waals surface area contributed by atoms with Crippen LogP contribution < -0.4 is 0 Å². The number of benzene rings is 1. The van der Waals surface area contributed by atoms with E-state index in [-0.39, 0.29) is 11.7 Å². The molecule has 110 valence electrons. The molecule has 1 fully saturated rings. The topological polar surface area (TPSA) is 29.5 Å². The van der Waals surface area contributed by atoms with E-state index >= 15 is 0 Å². The molecule has 1 saturated heterocycles. The van der Waals surface area contributed by atoms with Crippen LogP contribution in [0.2, 0.25) is 0 Å². The Morgan fingerprint density at radius 3 is 2.75 bits per heavy atom. The molecular weight excluding hydrogens is 250 g/mol. The predicted molar refractivity (Wildman–Crippen MR) is 81.0 cm³/mol. The van der Waals surface area contributed by atoms with Crippen molar-refractivity contribution in [3.63, 3.8) is 0 Å². The van der Waals surface area contributed by atoms with Crippen molar-refractivity contribution in [3.05, 3.63) is 35.9 Å². The molecule has 0 bridgehead atoms. The van der Waals surface area contributed by atoms with Crippen molar-refractivity contribution in [3.8, 4) is 0 Å². The van der Waals surface area contributed by atoms with E-state index in [1.807, 2.05) is 37.3 Å². The quantitative estimate of drug-likeness (QED) is 0.747. The number of Topliss-reactive ketones (excluding diaryl/α,β-unsaturated/α-hetero) is 1. The molecule has 0 saturated carbocycles. The molecule has 1 aromatic rings. The molecule has 1 heterocycles. The van der Waals surface area contributed by atoms with Gasteiger partial charge in [-0.05, 0) is 26.3 Å². The summed E-state index contributed by atoms with van der Waals surface area (Å²) in [6.07, 6.45) is 3.93. The van der Waals surface area contributed by atoms with Gasteiger partial charge in [-0.2, -0.15) is 0 Å². The Morgan fingerprint density at radius 1 is 1.35 bits per heavy atom. The number of hydrogen-bond acceptors (Lipinski definition) is 3. The minimum Gasteiger partial charge on any atom is -0.377 e. The largest absolute Gasteiger partial charge is 0.377 e. The van der Waals surface area contributed by atoms with E-state index < -0.39 is 0 Å². The molecule has 0 amide bonds. The average molecular weight is 275 g/mol. The van der Waals surface area contributed by atoms with Crippen molar-refractivity contribution < 1.29 is 9.53 Å². The Kier molecular flexibility index (Phi) is 5.74. The number of ketones is 1. The summed E-state index contributed by atoms with van der Waals surface area (Å²) >= 11 is 0. The van der Waals surface area contributed by atoms with Gasteiger partial charge in [0.15, 0.2) is 5.78 Å². The van der Waals surface area contributed by atoms with Gasteiger partial charge in [0.25, 0.3) is 0 Å². The zero-order chi connectivity index (χ0) is 14.4. The number of ether oxygens (including phenoxy) is 1. The highest BCUT2D eigenvalue weighted by atomic mass is 16.5. The fourth-order valence-corrected chi connectivity index (χ4v) is 2.81. The Morgan fingerprint density at radius 2 is 2.10 bits per heavy atom. The van der Waals surface area contributed by atoms with Crippen LogP contribution in [0, 0.1) is 5.92 Å². The summed E-state index contributed by atoms with van der Waals surface area (Å²) in [7, 11) is 2.08. The lowest BCUT2D eigenvalue weighted by molar-refractivity contribution is -0.00292. The Bertz CT molecular complexity index is 412. The summed E-state index contributed by atoms with van der Waals surface area (Å²) in [5, 5.41) is 0. The van der Waals surface area contributed by atoms with Gasteiger partial charge in [0.05, 0.1) is 6.10 Å². The third-order valence-corrected chi connectivity index (χ3v) is 3.88. The van der Waals surface area contributed by atoms with Crippen LogP contribution in [0.1, 0.15) is 36.5 Å². The first kappa shape index (κ1) is 15.2. The summed E-state index contributed by atoms with van der Waals surface area (Å²) in [6, 6.07) is 9.55. The number of carbonyl (C=O) groups is 1. The zero-order valence-electron chi connectivity index (χ0n) is 12.5. The van der Waals surface area contributed by atoms with Crippen LogP contribution in [-0.4, -0.2) is 43.5 Å². The highest BCUT2D eigenvalue weighted by Gasteiger charge is 2.20. The van der Waals surface area contributed by atoms with Crippen molar-refractivity contribution in [1.82, 2.24) is 4.90 Å². The van der Waals surface area contributed by atoms with Crippen LogP contribution in [0.4, 0.5) is 0 Å². The molecule has 1 aliphatic heterocycles. The average Bonchev–Trinajstić information content (AvgIpc) is 2.48. The monoisotopic (exact) mass is 275 g/mol. The van der Waals surface area contributed by atoms with Gasteiger partial charge in [-0.3, -0.25) is 4.79 Å². The second-order valence-corrected chi connectivity index (χ2v) is 5.84. The van der Waals surface area contributed by atoms with Crippen molar-refractivity contribution in [2.24, 2.45) is 5.92 Å². The fraction of sp³-hybridized carbons (Fsp3) is 0.588. The number of carbonyl (C=O) groups excluding carboxylic acids is 1. The lowest BCUT2D eigenvalue weighted by Crippen LogP contribution is -2.37. The van der Waals surface area contributed by atoms with Crippen molar-refractivity contribution >= 4 is 5.78 Å². The van der Waals surface area contributed by atoms with Gasteiger partial charge in [-0.1, -0.05) is 37.3 Å². The molecule has 3 heteroatoms. The molecule has 0 aliphatic carbocycles. The zero-order valence-corrected chi connectivity index (χ0v) is 12.5. The lowest BCUT2D eigenvalue weighted by atomic mass is 9.98. The molecule has 1 aromatic carbocycles. The van der Waals surface area contributed by atoms with E-state index in [0.29, 0.717) is 6.10 Å². The van der Waals surface area contributed by atoms with Crippen molar-refractivity contribution in [2.75, 3.05) is 26.7 Å². The van der Waals surface area contributed by atoms with E-state index in [4.69, 9.17) is 4.74 Å². The van der Waals surface area contributed by atoms with E-state index in [0.717, 1.165) is 31.7 Å². The third kappa shape index (κ3) is 4.43. The molecule has 2 atom stereocenters. The van der Waals surface area contributed by atoms with Gasteiger partial charge in [0.2, 0.25) is 0 Å². The molecule has 0 aromatic heterocycles. The van der Waals surface area contributed by atoms with Gasteiger partial charge in [0.1, 0.15) is 0 Å². The van der Waals surface area contributed by atoms with Crippen LogP contribution in [-0.2, 0) is 4.74 Å². The van der Waals surface area contributed by atoms with Crippen LogP contribution in [0.15, 0.2) is 30.3 Å². The first-order chi connectivity index (χ1) is 9.66. The summed E-state index contributed by atoms with van der Waals surface area (Å²) in [5.41, 5.74) is 0.808. The molecular formula is C17H25NO2. The molecule has 2 rings (SSSR count). The lowest BCUT2D eigenvalue weighted by Gasteiger charge is -2.28. The smallest absolute Gasteiger partial charge is 0.166 e. The maximum Gasteiger partial charge on any atom is 0.166 e. The number of rotatable bonds is 6. The Labute approximate surface area is 121 Å². The maximum atomic E-state index is 12.3. The number of hydrogen-bond donors (Lipinski definition) is 0. The second kappa shape index (κ2) is 7.55. The summed E-state index contributed by atoms with van der Waals surface area (Å²) in [5.74, 6) is 0.244. The predicted octanol–water partition coefficient (Wildman–Crippen LogP) is 3.01. The first-order valence-corrected chi connectivity index (χ1v) is 7.56. The first-order valence-electron chi connectivity index (χ1n) is 7.56. The van der Waals surface area contributed by atoms with Gasteiger partial charge in [-0.25, -0.2) is 0 Å². The molecule has 1 aliphatic rings. The maximum absolute atomic E-state index is 12.3. The highest BCUT2D eigenvalue weighted by Crippen LogP contribution is 2.15. The van der Waals surface area contributed by atoms with Crippen molar-refractivity contribution in [2.45, 2.75) is 32.3 Å². The molecule has 0 N–H and O–H groups in total. The van der Waals surface area contributed by atoms with Gasteiger partial charge < -0.3 is 9.64 Å². The van der Waals surface area contributed by atoms with Gasteiger partial charge >= 0.3 is 0 Å². The molecule has 0 spiro atoms. The molecule has 3 nitrogen and oxygen atoms in total. The van der Waals surface area contributed by atoms with E-state index in [2.05, 4.69) is 11.9 Å². The molecule has 2 unspecified atom stereocenters. The van der Waals surface area contributed by atoms with Crippen molar-refractivity contribution in [1.29, 1.82) is 0 Å². The minimum absolute atomic E-state index is 0.0194. The minimum atomic E-state index is 0.0194. The second-order valence-electron chi connectivity index (χ2n) is 5.84. The van der Waals surface area contributed by atoms with E-state index in [9.17, 15) is 4.79 Å². The standard InChI is InChI=1S/C17H25NO2/c1-14(17(19)15-8-4-3-5-9-15)12-18(2)13-16-10-6-7-11-20-16/h3-5,8-9,14,16H,6-7,10-13H2,1-2H3. The van der Waals surface area contributed by atoms with Crippen LogP contribution in [0.3, 0.4) is 0 Å². The van der Waals surface area contributed by atoms with E-state index in [1.165, 1.54) is 12.8 Å². The Hall–Kier alpha value is -1.19. The number of likely N-dealkylation sites (N-methyl/N-ethyl adjacent to an activating group) is 1. The molecule has 20 heavy (non-hydrogen) atoms. The SMILES string of the molecule is CC(CN(C)CC1CCCCO1)C(=O)c1ccccc1. The van der Waals surface area contributed by atoms with Crippen LogP contribution in [0.25, 0.3) is 0 Å². The highest BCUT2D eigenvalue weighted by molar-refractivity contribution is 5.97. The summed E-state index contributed by atoms with van der Waals surface area (Å²) < 4.78 is 5.75. The molecule has 0 radical (unpaired) electrons. The number of nitrogens with zero attached hydrogens (tertiary/aromatic N) is 1. The van der Waals surface area contributed by atoms with E-state index in [1.54, 1.807) is 0 Å². The van der Waals surface area contributed by atoms with Gasteiger partial charge in [-0.15, -0.1) is 0 Å². The Balaban J connectivity index is 1.81. The van der Waals surface area contributed by atoms with Crippen LogP contribution >= 0.6 is 0 Å². The summed E-state index contributed by atoms with van der Waals surface area (Å²) in [6.45, 7) is 4.60. The van der Waals surface area contributed by atoms with Gasteiger partial charge in [0, 0.05) is 31.2 Å². The fourth-order valence-electron chi connectivity index (χ4n) is 2.81. The van der Waals surface area contributed by atoms with Crippen LogP contribution in [0.5, 0.6) is 0 Å². The third-order valence-electron chi connectivity index (χ3n) is 3.88. The normalized spacial score (nSPS) is 20.9. The summed E-state index contributed by atoms with van der Waals surface area (Å²) in [4.78, 5) is 14.5.